The molecule has 1 aromatic carbocycles. The number of carbonyl (C=O) groups is 2. The Hall–Kier alpha value is -2.08. The lowest BCUT2D eigenvalue weighted by molar-refractivity contribution is -0.146. The third kappa shape index (κ3) is 2.96. The van der Waals surface area contributed by atoms with Gasteiger partial charge in [0.2, 0.25) is 0 Å². The number of hydrogen-bond acceptors (Lipinski definition) is 4. The molecule has 0 radical (unpaired) electrons. The first-order chi connectivity index (χ1) is 7.00. The van der Waals surface area contributed by atoms with E-state index in [-0.39, 0.29) is 11.3 Å². The molecule has 6 nitrogen and oxygen atoms in total. The van der Waals surface area contributed by atoms with Crippen LogP contribution in [0.25, 0.3) is 0 Å². The Balaban J connectivity index is 2.92. The van der Waals surface area contributed by atoms with E-state index in [0.29, 0.717) is 0 Å². The lowest BCUT2D eigenvalue weighted by Gasteiger charge is -2.06. The zero-order chi connectivity index (χ0) is 11.4. The number of hydrogen-bond donors (Lipinski definition) is 3. The number of carboxylic acid groups (broad SMARTS) is 2. The standard InChI is InChI=1S/C9H8O6/c10-7(8(11)12)5-2-1-3-6(4-5)15-9(13)14/h1-4,7,10H,(H,11,12)(H,13,14). The largest absolute Gasteiger partial charge is 0.511 e. The Morgan fingerprint density at radius 3 is 2.47 bits per heavy atom. The Morgan fingerprint density at radius 2 is 1.93 bits per heavy atom. The summed E-state index contributed by atoms with van der Waals surface area (Å²) in [5, 5.41) is 26.0. The summed E-state index contributed by atoms with van der Waals surface area (Å²) < 4.78 is 4.30. The molecule has 0 spiro atoms. The highest BCUT2D eigenvalue weighted by Crippen LogP contribution is 2.19. The second-order valence-electron chi connectivity index (χ2n) is 2.68. The van der Waals surface area contributed by atoms with Crippen molar-refractivity contribution in [2.75, 3.05) is 0 Å². The average Bonchev–Trinajstić information content (AvgIpc) is 2.16. The second-order valence-corrected chi connectivity index (χ2v) is 2.68. The van der Waals surface area contributed by atoms with Crippen LogP contribution in [-0.2, 0) is 4.79 Å². The SMILES string of the molecule is O=C(O)Oc1cccc(C(O)C(=O)O)c1. The van der Waals surface area contributed by atoms with Crippen LogP contribution in [0.3, 0.4) is 0 Å². The first-order valence-corrected chi connectivity index (χ1v) is 3.92. The second kappa shape index (κ2) is 4.43. The molecule has 6 heteroatoms. The van der Waals surface area contributed by atoms with Crippen molar-refractivity contribution in [1.29, 1.82) is 0 Å². The number of carboxylic acids is 1. The molecule has 1 atom stereocenters. The van der Waals surface area contributed by atoms with Crippen molar-refractivity contribution in [3.8, 4) is 5.75 Å². The molecule has 0 fully saturated rings. The fourth-order valence-electron chi connectivity index (χ4n) is 0.992. The maximum atomic E-state index is 10.4. The van der Waals surface area contributed by atoms with Gasteiger partial charge in [-0.15, -0.1) is 0 Å². The van der Waals surface area contributed by atoms with Gasteiger partial charge in [0.1, 0.15) is 5.75 Å². The van der Waals surface area contributed by atoms with E-state index in [4.69, 9.17) is 15.3 Å². The number of aliphatic carboxylic acids is 1. The van der Waals surface area contributed by atoms with Gasteiger partial charge in [-0.3, -0.25) is 0 Å². The molecule has 3 N–H and O–H groups in total. The third-order valence-electron chi connectivity index (χ3n) is 1.61. The van der Waals surface area contributed by atoms with Crippen molar-refractivity contribution in [2.24, 2.45) is 0 Å². The summed E-state index contributed by atoms with van der Waals surface area (Å²) in [6.45, 7) is 0. The van der Waals surface area contributed by atoms with Gasteiger partial charge in [-0.2, -0.15) is 0 Å². The molecule has 1 aromatic rings. The summed E-state index contributed by atoms with van der Waals surface area (Å²) in [5.74, 6) is -1.46. The number of benzene rings is 1. The predicted molar refractivity (Wildman–Crippen MR) is 47.7 cm³/mol. The summed E-state index contributed by atoms with van der Waals surface area (Å²) >= 11 is 0. The van der Waals surface area contributed by atoms with E-state index in [9.17, 15) is 9.59 Å². The molecule has 0 aliphatic heterocycles. The van der Waals surface area contributed by atoms with Gasteiger partial charge in [0.15, 0.2) is 6.10 Å². The van der Waals surface area contributed by atoms with Gasteiger partial charge >= 0.3 is 12.1 Å². The van der Waals surface area contributed by atoms with Crippen molar-refractivity contribution in [3.63, 3.8) is 0 Å². The smallest absolute Gasteiger partial charge is 0.479 e. The molecule has 0 saturated heterocycles. The van der Waals surface area contributed by atoms with Gasteiger partial charge < -0.3 is 20.1 Å². The Morgan fingerprint density at radius 1 is 1.27 bits per heavy atom. The van der Waals surface area contributed by atoms with Crippen molar-refractivity contribution in [2.45, 2.75) is 6.10 Å². The molecule has 0 saturated carbocycles. The van der Waals surface area contributed by atoms with Gasteiger partial charge in [-0.25, -0.2) is 9.59 Å². The molecule has 0 heterocycles. The van der Waals surface area contributed by atoms with Crippen molar-refractivity contribution < 1.29 is 29.6 Å². The molecule has 0 aliphatic rings. The fourth-order valence-corrected chi connectivity index (χ4v) is 0.992. The van der Waals surface area contributed by atoms with Gasteiger partial charge in [-0.1, -0.05) is 12.1 Å². The van der Waals surface area contributed by atoms with Crippen molar-refractivity contribution in [3.05, 3.63) is 29.8 Å². The zero-order valence-electron chi connectivity index (χ0n) is 7.45. The van der Waals surface area contributed by atoms with Crippen LogP contribution in [0.2, 0.25) is 0 Å². The van der Waals surface area contributed by atoms with E-state index in [1.165, 1.54) is 18.2 Å². The molecule has 0 aliphatic carbocycles. The van der Waals surface area contributed by atoms with Crippen LogP contribution in [0.4, 0.5) is 4.79 Å². The van der Waals surface area contributed by atoms with E-state index in [1.54, 1.807) is 0 Å². The summed E-state index contributed by atoms with van der Waals surface area (Å²) in [6.07, 6.45) is -3.20. The molecule has 1 unspecified atom stereocenters. The molecule has 80 valence electrons. The quantitative estimate of drug-likeness (QED) is 0.507. The molecule has 0 amide bonds. The minimum Gasteiger partial charge on any atom is -0.479 e. The molecular formula is C9H8O6. The Kier molecular flexibility index (Phi) is 3.25. The summed E-state index contributed by atoms with van der Waals surface area (Å²) in [7, 11) is 0. The lowest BCUT2D eigenvalue weighted by atomic mass is 10.1. The van der Waals surface area contributed by atoms with Gasteiger partial charge in [0, 0.05) is 0 Å². The van der Waals surface area contributed by atoms with Crippen LogP contribution in [0.5, 0.6) is 5.75 Å². The van der Waals surface area contributed by atoms with Crippen LogP contribution in [0.1, 0.15) is 11.7 Å². The minimum atomic E-state index is -1.69. The summed E-state index contributed by atoms with van der Waals surface area (Å²) in [5.41, 5.74) is 0.0567. The van der Waals surface area contributed by atoms with Crippen LogP contribution in [-0.4, -0.2) is 27.4 Å². The molecule has 0 aromatic heterocycles. The lowest BCUT2D eigenvalue weighted by Crippen LogP contribution is -2.11. The topological polar surface area (TPSA) is 104 Å². The van der Waals surface area contributed by atoms with Gasteiger partial charge in [-0.05, 0) is 17.7 Å². The first-order valence-electron chi connectivity index (χ1n) is 3.92. The zero-order valence-corrected chi connectivity index (χ0v) is 7.45. The normalized spacial score (nSPS) is 11.8. The van der Waals surface area contributed by atoms with E-state index < -0.39 is 18.2 Å². The third-order valence-corrected chi connectivity index (χ3v) is 1.61. The van der Waals surface area contributed by atoms with E-state index in [2.05, 4.69) is 4.74 Å². The summed E-state index contributed by atoms with van der Waals surface area (Å²) in [6, 6.07) is 5.23. The van der Waals surface area contributed by atoms with E-state index >= 15 is 0 Å². The van der Waals surface area contributed by atoms with Crippen LogP contribution >= 0.6 is 0 Å². The molecular weight excluding hydrogens is 204 g/mol. The average molecular weight is 212 g/mol. The Bertz CT molecular complexity index is 386. The van der Waals surface area contributed by atoms with Crippen molar-refractivity contribution in [1.82, 2.24) is 0 Å². The minimum absolute atomic E-state index is 0.0414. The van der Waals surface area contributed by atoms with Crippen LogP contribution < -0.4 is 4.74 Å². The van der Waals surface area contributed by atoms with Crippen LogP contribution in [0.15, 0.2) is 24.3 Å². The van der Waals surface area contributed by atoms with E-state index in [0.717, 1.165) is 6.07 Å². The number of aliphatic hydroxyl groups excluding tert-OH is 1. The predicted octanol–water partition coefficient (Wildman–Crippen LogP) is 0.861. The van der Waals surface area contributed by atoms with Crippen LogP contribution in [0, 0.1) is 0 Å². The van der Waals surface area contributed by atoms with Gasteiger partial charge in [0.25, 0.3) is 0 Å². The fraction of sp³-hybridized carbons (Fsp3) is 0.111. The highest BCUT2D eigenvalue weighted by molar-refractivity contribution is 5.74. The Labute approximate surface area is 84.3 Å². The maximum Gasteiger partial charge on any atom is 0.511 e. The van der Waals surface area contributed by atoms with Gasteiger partial charge in [0.05, 0.1) is 0 Å². The first kappa shape index (κ1) is 11.0. The monoisotopic (exact) mass is 212 g/mol. The maximum absolute atomic E-state index is 10.4. The highest BCUT2D eigenvalue weighted by Gasteiger charge is 2.16. The molecule has 15 heavy (non-hydrogen) atoms. The highest BCUT2D eigenvalue weighted by atomic mass is 16.7. The number of rotatable bonds is 3. The summed E-state index contributed by atoms with van der Waals surface area (Å²) in [4.78, 5) is 20.6. The van der Waals surface area contributed by atoms with E-state index in [1.807, 2.05) is 0 Å². The molecule has 0 bridgehead atoms. The van der Waals surface area contributed by atoms with Crippen molar-refractivity contribution >= 4 is 12.1 Å². The molecule has 1 rings (SSSR count). The number of aliphatic hydroxyl groups is 1. The number of ether oxygens (including phenoxy) is 1.